The summed E-state index contributed by atoms with van der Waals surface area (Å²) in [6.07, 6.45) is 6.71. The molecule has 6 rings (SSSR count). The van der Waals surface area contributed by atoms with Crippen LogP contribution in [-0.2, 0) is 6.54 Å². The fraction of sp³-hybridized carbons (Fsp3) is 0.320. The van der Waals surface area contributed by atoms with Gasteiger partial charge >= 0.3 is 0 Å². The van der Waals surface area contributed by atoms with Gasteiger partial charge in [-0.25, -0.2) is 19.3 Å². The van der Waals surface area contributed by atoms with Crippen LogP contribution in [0.5, 0.6) is 0 Å². The van der Waals surface area contributed by atoms with Crippen molar-refractivity contribution >= 4 is 27.9 Å². The third-order valence-electron chi connectivity index (χ3n) is 6.57. The Morgan fingerprint density at radius 1 is 1.06 bits per heavy atom. The molecule has 6 heterocycles. The minimum absolute atomic E-state index is 0.283. The number of aromatic nitrogens is 7. The van der Waals surface area contributed by atoms with E-state index in [4.69, 9.17) is 0 Å². The first-order valence-electron chi connectivity index (χ1n) is 11.9. The van der Waals surface area contributed by atoms with Crippen molar-refractivity contribution in [3.63, 3.8) is 0 Å². The van der Waals surface area contributed by atoms with E-state index in [0.717, 1.165) is 42.9 Å². The van der Waals surface area contributed by atoms with Crippen molar-refractivity contribution in [1.29, 1.82) is 0 Å². The first kappa shape index (κ1) is 22.5. The van der Waals surface area contributed by atoms with Gasteiger partial charge in [-0.1, -0.05) is 0 Å². The molecule has 0 aliphatic carbocycles. The lowest BCUT2D eigenvalue weighted by atomic mass is 10.1. The maximum Gasteiger partial charge on any atom is 0.184 e. The Bertz CT molecular complexity index is 1550. The number of hydrogen-bond donors (Lipinski definition) is 2. The lowest BCUT2D eigenvalue weighted by Gasteiger charge is -2.34. The van der Waals surface area contributed by atoms with E-state index in [1.54, 1.807) is 18.6 Å². The zero-order valence-electron chi connectivity index (χ0n) is 20.5. The van der Waals surface area contributed by atoms with Gasteiger partial charge in [0.25, 0.3) is 0 Å². The van der Waals surface area contributed by atoms with Gasteiger partial charge in [-0.3, -0.25) is 10.1 Å². The molecule has 0 aromatic carbocycles. The van der Waals surface area contributed by atoms with Crippen molar-refractivity contribution in [1.82, 2.24) is 44.9 Å². The van der Waals surface area contributed by atoms with Crippen molar-refractivity contribution in [2.75, 3.05) is 52.2 Å². The maximum atomic E-state index is 16.0. The van der Waals surface area contributed by atoms with Gasteiger partial charge in [-0.05, 0) is 38.8 Å². The summed E-state index contributed by atoms with van der Waals surface area (Å²) in [5.41, 5.74) is 5.19. The number of pyridine rings is 3. The average molecular weight is 487 g/mol. The van der Waals surface area contributed by atoms with Crippen molar-refractivity contribution in [3.05, 3.63) is 48.3 Å². The first-order valence-corrected chi connectivity index (χ1v) is 11.9. The molecule has 0 bridgehead atoms. The highest BCUT2D eigenvalue weighted by Gasteiger charge is 2.23. The number of nitrogens with one attached hydrogen (secondary N) is 2. The average Bonchev–Trinajstić information content (AvgIpc) is 3.49. The van der Waals surface area contributed by atoms with Gasteiger partial charge in [0.05, 0.1) is 11.1 Å². The molecule has 1 saturated heterocycles. The van der Waals surface area contributed by atoms with Crippen LogP contribution in [0.2, 0.25) is 0 Å². The fourth-order valence-corrected chi connectivity index (χ4v) is 4.74. The highest BCUT2D eigenvalue weighted by Crippen LogP contribution is 2.34. The Kier molecular flexibility index (Phi) is 5.57. The number of rotatable bonds is 5. The largest absolute Gasteiger partial charge is 0.367 e. The summed E-state index contributed by atoms with van der Waals surface area (Å²) in [5.74, 6) is 0.0548. The number of hydrogen-bond acceptors (Lipinski definition) is 8. The van der Waals surface area contributed by atoms with E-state index < -0.39 is 5.82 Å². The molecule has 2 N–H and O–H groups in total. The summed E-state index contributed by atoms with van der Waals surface area (Å²) in [7, 11) is 6.09. The summed E-state index contributed by atoms with van der Waals surface area (Å²) in [6.45, 7) is 4.51. The predicted molar refractivity (Wildman–Crippen MR) is 137 cm³/mol. The van der Waals surface area contributed by atoms with Crippen molar-refractivity contribution < 1.29 is 4.39 Å². The SMILES string of the molecule is CN(C)Cc1cncc(-c2cnc3n[nH]c(-c4nc5nccc(N6CCN(C)CC6)c5[nH]4)c3c2F)c1. The molecule has 0 unspecified atom stereocenters. The zero-order valence-corrected chi connectivity index (χ0v) is 20.5. The predicted octanol–water partition coefficient (Wildman–Crippen LogP) is 2.91. The quantitative estimate of drug-likeness (QED) is 0.391. The number of anilines is 1. The normalized spacial score (nSPS) is 15.0. The Hall–Kier alpha value is -3.96. The number of H-pyrrole nitrogens is 2. The summed E-state index contributed by atoms with van der Waals surface area (Å²) in [6, 6.07) is 3.93. The van der Waals surface area contributed by atoms with Crippen LogP contribution in [0, 0.1) is 5.82 Å². The number of piperazine rings is 1. The van der Waals surface area contributed by atoms with Crippen LogP contribution in [-0.4, -0.2) is 92.2 Å². The molecule has 36 heavy (non-hydrogen) atoms. The van der Waals surface area contributed by atoms with Crippen LogP contribution in [0.4, 0.5) is 10.1 Å². The summed E-state index contributed by atoms with van der Waals surface area (Å²) >= 11 is 0. The molecule has 11 heteroatoms. The van der Waals surface area contributed by atoms with Gasteiger partial charge in [0, 0.05) is 68.6 Å². The molecule has 184 valence electrons. The molecule has 0 radical (unpaired) electrons. The standard InChI is InChI=1S/C25H27FN10/c1-34(2)14-15-10-16(12-27-11-15)17-13-29-23-19(20(17)26)22(32-33-23)25-30-21-18(4-5-28-24(21)31-25)36-8-6-35(3)7-9-36/h4-5,10-13H,6-9,14H2,1-3H3,(H,28,30,31)(H,29,32,33). The Morgan fingerprint density at radius 3 is 2.69 bits per heavy atom. The van der Waals surface area contributed by atoms with Gasteiger partial charge in [-0.2, -0.15) is 5.10 Å². The number of nitrogens with zero attached hydrogens (tertiary/aromatic N) is 8. The zero-order chi connectivity index (χ0) is 24.8. The molecule has 5 aromatic rings. The van der Waals surface area contributed by atoms with Crippen LogP contribution in [0.25, 0.3) is 44.8 Å². The number of halogens is 1. The molecule has 10 nitrogen and oxygen atoms in total. The first-order chi connectivity index (χ1) is 17.5. The second kappa shape index (κ2) is 8.92. The molecule has 5 aromatic heterocycles. The van der Waals surface area contributed by atoms with Gasteiger partial charge in [0.1, 0.15) is 17.0 Å². The maximum absolute atomic E-state index is 16.0. The number of fused-ring (bicyclic) bond motifs is 2. The Labute approximate surface area is 207 Å². The molecule has 0 amide bonds. The van der Waals surface area contributed by atoms with Crippen molar-refractivity contribution in [2.24, 2.45) is 0 Å². The van der Waals surface area contributed by atoms with Gasteiger partial charge in [0.2, 0.25) is 0 Å². The fourth-order valence-electron chi connectivity index (χ4n) is 4.74. The Balaban J connectivity index is 1.43. The topological polar surface area (TPSA) is 106 Å². The van der Waals surface area contributed by atoms with E-state index in [9.17, 15) is 0 Å². The van der Waals surface area contributed by atoms with Gasteiger partial charge in [0.15, 0.2) is 17.1 Å². The lowest BCUT2D eigenvalue weighted by Crippen LogP contribution is -2.44. The second-order valence-corrected chi connectivity index (χ2v) is 9.51. The highest BCUT2D eigenvalue weighted by atomic mass is 19.1. The number of imidazole rings is 1. The van der Waals surface area contributed by atoms with Crippen molar-refractivity contribution in [3.8, 4) is 22.6 Å². The van der Waals surface area contributed by atoms with Crippen LogP contribution in [0.3, 0.4) is 0 Å². The van der Waals surface area contributed by atoms with E-state index >= 15 is 4.39 Å². The molecular weight excluding hydrogens is 459 g/mol. The second-order valence-electron chi connectivity index (χ2n) is 9.51. The highest BCUT2D eigenvalue weighted by molar-refractivity contribution is 5.95. The summed E-state index contributed by atoms with van der Waals surface area (Å²) < 4.78 is 16.0. The summed E-state index contributed by atoms with van der Waals surface area (Å²) in [4.78, 5) is 27.9. The smallest absolute Gasteiger partial charge is 0.184 e. The molecule has 0 atom stereocenters. The monoisotopic (exact) mass is 486 g/mol. The van der Waals surface area contributed by atoms with Crippen LogP contribution >= 0.6 is 0 Å². The van der Waals surface area contributed by atoms with Gasteiger partial charge < -0.3 is 19.7 Å². The third kappa shape index (κ3) is 3.95. The Morgan fingerprint density at radius 2 is 1.89 bits per heavy atom. The van der Waals surface area contributed by atoms with E-state index in [2.05, 4.69) is 52.0 Å². The van der Waals surface area contributed by atoms with Gasteiger partial charge in [-0.15, -0.1) is 0 Å². The van der Waals surface area contributed by atoms with Crippen LogP contribution in [0.15, 0.2) is 36.9 Å². The molecule has 1 aliphatic heterocycles. The van der Waals surface area contributed by atoms with Crippen LogP contribution < -0.4 is 4.90 Å². The van der Waals surface area contributed by atoms with E-state index in [0.29, 0.717) is 34.8 Å². The number of likely N-dealkylation sites (N-methyl/N-ethyl adjacent to an activating group) is 1. The molecule has 0 spiro atoms. The lowest BCUT2D eigenvalue weighted by molar-refractivity contribution is 0.313. The minimum Gasteiger partial charge on any atom is -0.367 e. The molecule has 0 saturated carbocycles. The molecule has 1 fully saturated rings. The summed E-state index contributed by atoms with van der Waals surface area (Å²) in [5, 5.41) is 7.46. The van der Waals surface area contributed by atoms with E-state index in [1.807, 2.05) is 31.1 Å². The van der Waals surface area contributed by atoms with Crippen molar-refractivity contribution in [2.45, 2.75) is 6.54 Å². The number of aromatic amines is 2. The minimum atomic E-state index is -0.416. The van der Waals surface area contributed by atoms with E-state index in [-0.39, 0.29) is 11.0 Å². The van der Waals surface area contributed by atoms with Crippen LogP contribution in [0.1, 0.15) is 5.56 Å². The third-order valence-corrected chi connectivity index (χ3v) is 6.57. The molecular formula is C25H27FN10. The molecule has 1 aliphatic rings. The van der Waals surface area contributed by atoms with E-state index in [1.165, 1.54) is 6.20 Å².